The van der Waals surface area contributed by atoms with Gasteiger partial charge in [-0.25, -0.2) is 4.79 Å². The number of aliphatic hydroxyl groups excluding tert-OH is 2. The number of hydrogen-bond donors (Lipinski definition) is 5. The van der Waals surface area contributed by atoms with Crippen molar-refractivity contribution in [1.29, 1.82) is 0 Å². The molecule has 3 saturated heterocycles. The summed E-state index contributed by atoms with van der Waals surface area (Å²) in [6.45, 7) is 18.2. The van der Waals surface area contributed by atoms with Crippen LogP contribution in [0.15, 0.2) is 30.3 Å². The minimum Gasteiger partial charge on any atom is -0.459 e. The van der Waals surface area contributed by atoms with Crippen LogP contribution < -0.4 is 5.32 Å². The average Bonchev–Trinajstić information content (AvgIpc) is 3.20. The number of benzene rings is 1. The number of aliphatic hydroxyl groups is 4. The molecule has 1 aromatic rings. The van der Waals surface area contributed by atoms with Crippen LogP contribution in [0.2, 0.25) is 0 Å². The first-order valence-electron chi connectivity index (χ1n) is 22.4. The monoisotopic (exact) mass is 882 g/mol. The van der Waals surface area contributed by atoms with Gasteiger partial charge < -0.3 is 63.8 Å². The maximum atomic E-state index is 14.6. The highest BCUT2D eigenvalue weighted by Crippen LogP contribution is 2.40. The van der Waals surface area contributed by atoms with Crippen molar-refractivity contribution in [2.45, 2.75) is 192 Å². The maximum Gasteiger partial charge on any atom is 0.407 e. The molecule has 0 spiro atoms. The van der Waals surface area contributed by atoms with E-state index >= 15 is 0 Å². The Balaban J connectivity index is 1.80. The summed E-state index contributed by atoms with van der Waals surface area (Å²) in [6.07, 6.45) is -9.40. The van der Waals surface area contributed by atoms with E-state index in [-0.39, 0.29) is 43.9 Å². The smallest absolute Gasteiger partial charge is 0.407 e. The van der Waals surface area contributed by atoms with Gasteiger partial charge >= 0.3 is 12.1 Å². The number of esters is 1. The number of carbonyl (C=O) groups is 2. The number of cyclic esters (lactones) is 1. The molecule has 16 nitrogen and oxygen atoms in total. The first kappa shape index (κ1) is 52.1. The van der Waals surface area contributed by atoms with Gasteiger partial charge in [-0.3, -0.25) is 9.69 Å². The molecule has 0 saturated carbocycles. The number of alkyl carbamates (subject to hydrolysis) is 1. The largest absolute Gasteiger partial charge is 0.459 e. The minimum absolute atomic E-state index is 0.104. The summed E-state index contributed by atoms with van der Waals surface area (Å²) in [5, 5.41) is 50.7. The van der Waals surface area contributed by atoms with Crippen molar-refractivity contribution in [3.63, 3.8) is 0 Å². The Morgan fingerprint density at radius 1 is 0.968 bits per heavy atom. The van der Waals surface area contributed by atoms with E-state index in [0.29, 0.717) is 13.0 Å². The number of rotatable bonds is 10. The van der Waals surface area contributed by atoms with E-state index in [2.05, 4.69) is 5.32 Å². The molecule has 3 fully saturated rings. The first-order chi connectivity index (χ1) is 28.9. The predicted molar refractivity (Wildman–Crippen MR) is 232 cm³/mol. The summed E-state index contributed by atoms with van der Waals surface area (Å²) in [4.78, 5) is 32.0. The Hall–Kier alpha value is -2.48. The number of nitrogens with zero attached hydrogens (tertiary/aromatic N) is 2. The van der Waals surface area contributed by atoms with Crippen molar-refractivity contribution in [3.8, 4) is 0 Å². The van der Waals surface area contributed by atoms with E-state index in [1.807, 2.05) is 89.0 Å². The lowest BCUT2D eigenvalue weighted by molar-refractivity contribution is -0.318. The van der Waals surface area contributed by atoms with Crippen LogP contribution in [0.1, 0.15) is 100 Å². The van der Waals surface area contributed by atoms with Crippen LogP contribution >= 0.6 is 0 Å². The number of ether oxygens (including phenoxy) is 7. The second kappa shape index (κ2) is 21.7. The molecule has 16 heteroatoms. The minimum atomic E-state index is -1.89. The lowest BCUT2D eigenvalue weighted by atomic mass is 9.77. The van der Waals surface area contributed by atoms with Gasteiger partial charge in [-0.05, 0) is 100 Å². The summed E-state index contributed by atoms with van der Waals surface area (Å²) < 4.78 is 44.2. The normalized spacial score (nSPS) is 43.3. The summed E-state index contributed by atoms with van der Waals surface area (Å²) in [5.74, 6) is -2.81. The highest BCUT2D eigenvalue weighted by atomic mass is 16.7. The van der Waals surface area contributed by atoms with Crippen LogP contribution in [0.25, 0.3) is 0 Å². The highest BCUT2D eigenvalue weighted by Gasteiger charge is 2.53. The van der Waals surface area contributed by atoms with Crippen LogP contribution in [0.3, 0.4) is 0 Å². The lowest BCUT2D eigenvalue weighted by Crippen LogP contribution is -2.61. The standard InChI is InChI=1S/C46H79N3O13/c1-15-34-46(10,55)40(62-43(53)47-24-32-19-17-16-18-20-32)30(6)49(13)25-26(2)22-44(8,54)39(61-42-36(50)33(48(11)12)21-27(3)57-42)28(4)37(29(5)41(52)59-34)60-35-23-45(9,56-14)38(51)31(7)58-35/h16-20,26-31,33-40,42,50-51,54-55H,15,21-25H2,1-14H3,(H,47,53)/t26-,27-,28+,29-,30+,31+,33+,34+,35+,36-,37+,38+,39-,40-,42+,44-,45-,46-/m1/s1. The highest BCUT2D eigenvalue weighted by molar-refractivity contribution is 5.73. The zero-order valence-corrected chi connectivity index (χ0v) is 39.6. The van der Waals surface area contributed by atoms with E-state index in [1.54, 1.807) is 34.6 Å². The molecule has 0 radical (unpaired) electrons. The van der Waals surface area contributed by atoms with E-state index in [9.17, 15) is 30.0 Å². The molecule has 1 amide bonds. The Kier molecular flexibility index (Phi) is 18.2. The Bertz CT molecular complexity index is 1570. The molecule has 0 unspecified atom stereocenters. The summed E-state index contributed by atoms with van der Waals surface area (Å²) in [6, 6.07) is 8.46. The first-order valence-corrected chi connectivity index (χ1v) is 22.4. The number of hydrogen-bond acceptors (Lipinski definition) is 15. The number of carbonyl (C=O) groups excluding carboxylic acids is 2. The number of amides is 1. The van der Waals surface area contributed by atoms with Crippen LogP contribution in [0.5, 0.6) is 0 Å². The fourth-order valence-electron chi connectivity index (χ4n) is 9.86. The van der Waals surface area contributed by atoms with Crippen molar-refractivity contribution in [2.24, 2.45) is 17.8 Å². The molecule has 0 aromatic heterocycles. The second-order valence-corrected chi connectivity index (χ2v) is 19.4. The van der Waals surface area contributed by atoms with Crippen molar-refractivity contribution < 1.29 is 63.2 Å². The average molecular weight is 882 g/mol. The third-order valence-electron chi connectivity index (χ3n) is 13.7. The Morgan fingerprint density at radius 3 is 2.21 bits per heavy atom. The SMILES string of the molecule is CC[C@@H]1OC(=O)[C@H](C)[C@@H](O[C@H]2C[C@@](C)(OC)[C@@H](O)[C@H](C)O2)[C@H](C)[C@@H](O[C@@H]2O[C@H](C)C[C@H](N(C)C)[C@H]2O)[C@](C)(O)C[C@@H](C)CN(C)[C@@H](C)[C@@H](OC(=O)NCc2ccccc2)[C@]1(C)O. The fraction of sp³-hybridized carbons (Fsp3) is 0.826. The van der Waals surface area contributed by atoms with Gasteiger partial charge in [0.05, 0.1) is 41.5 Å². The van der Waals surface area contributed by atoms with Gasteiger partial charge in [-0.1, -0.05) is 51.1 Å². The van der Waals surface area contributed by atoms with Crippen molar-refractivity contribution in [3.05, 3.63) is 35.9 Å². The molecular formula is C46H79N3O13. The molecule has 3 heterocycles. The zero-order chi connectivity index (χ0) is 46.5. The van der Waals surface area contributed by atoms with Gasteiger partial charge in [0.2, 0.25) is 0 Å². The Labute approximate surface area is 369 Å². The topological polar surface area (TPSA) is 198 Å². The predicted octanol–water partition coefficient (Wildman–Crippen LogP) is 3.83. The van der Waals surface area contributed by atoms with Gasteiger partial charge in [-0.15, -0.1) is 0 Å². The molecule has 0 bridgehead atoms. The molecular weight excluding hydrogens is 803 g/mol. The van der Waals surface area contributed by atoms with E-state index in [0.717, 1.165) is 5.56 Å². The number of methoxy groups -OCH3 is 1. The number of nitrogens with one attached hydrogen (secondary N) is 1. The molecule has 5 N–H and O–H groups in total. The summed E-state index contributed by atoms with van der Waals surface area (Å²) in [7, 11) is 7.11. The lowest BCUT2D eigenvalue weighted by Gasteiger charge is -2.48. The van der Waals surface area contributed by atoms with Crippen molar-refractivity contribution >= 4 is 12.1 Å². The van der Waals surface area contributed by atoms with E-state index in [1.165, 1.54) is 14.0 Å². The molecule has 0 aliphatic carbocycles. The quantitative estimate of drug-likeness (QED) is 0.213. The molecule has 62 heavy (non-hydrogen) atoms. The fourth-order valence-corrected chi connectivity index (χ4v) is 9.86. The third-order valence-corrected chi connectivity index (χ3v) is 13.7. The molecule has 4 rings (SSSR count). The molecule has 1 aromatic carbocycles. The van der Waals surface area contributed by atoms with Crippen LogP contribution in [-0.2, 0) is 44.5 Å². The third kappa shape index (κ3) is 12.4. The molecule has 356 valence electrons. The van der Waals surface area contributed by atoms with Gasteiger partial charge in [0.1, 0.15) is 23.9 Å². The van der Waals surface area contributed by atoms with Crippen LogP contribution in [0.4, 0.5) is 4.79 Å². The van der Waals surface area contributed by atoms with Gasteiger partial charge in [-0.2, -0.15) is 0 Å². The van der Waals surface area contributed by atoms with Gasteiger partial charge in [0.25, 0.3) is 0 Å². The number of likely N-dealkylation sites (N-methyl/N-ethyl adjacent to an activating group) is 2. The van der Waals surface area contributed by atoms with Gasteiger partial charge in [0.15, 0.2) is 18.7 Å². The summed E-state index contributed by atoms with van der Waals surface area (Å²) >= 11 is 0. The van der Waals surface area contributed by atoms with Crippen molar-refractivity contribution in [1.82, 2.24) is 15.1 Å². The van der Waals surface area contributed by atoms with Crippen LogP contribution in [0, 0.1) is 17.8 Å². The molecule has 3 aliphatic heterocycles. The maximum absolute atomic E-state index is 14.6. The van der Waals surface area contributed by atoms with Crippen molar-refractivity contribution in [2.75, 3.05) is 34.8 Å². The molecule has 18 atom stereocenters. The zero-order valence-electron chi connectivity index (χ0n) is 39.6. The van der Waals surface area contributed by atoms with Crippen LogP contribution in [-0.4, -0.2) is 167 Å². The van der Waals surface area contributed by atoms with E-state index < -0.39 is 102 Å². The second-order valence-electron chi connectivity index (χ2n) is 19.4. The Morgan fingerprint density at radius 2 is 1.61 bits per heavy atom. The molecule has 3 aliphatic rings. The summed E-state index contributed by atoms with van der Waals surface area (Å²) in [5.41, 5.74) is -3.70. The van der Waals surface area contributed by atoms with E-state index in [4.69, 9.17) is 33.2 Å². The van der Waals surface area contributed by atoms with Gasteiger partial charge in [0, 0.05) is 44.6 Å².